The number of aliphatic carboxylic acids is 1. The van der Waals surface area contributed by atoms with E-state index in [1.54, 1.807) is 18.2 Å². The molecule has 1 atom stereocenters. The van der Waals surface area contributed by atoms with Crippen molar-refractivity contribution in [2.45, 2.75) is 31.8 Å². The number of aromatic nitrogens is 1. The lowest BCUT2D eigenvalue weighted by molar-refractivity contribution is -0.137. The van der Waals surface area contributed by atoms with Crippen molar-refractivity contribution < 1.29 is 19.1 Å². The molecule has 1 aromatic heterocycles. The highest BCUT2D eigenvalue weighted by molar-refractivity contribution is 5.75. The highest BCUT2D eigenvalue weighted by Crippen LogP contribution is 2.11. The van der Waals surface area contributed by atoms with E-state index in [4.69, 9.17) is 9.52 Å². The monoisotopic (exact) mass is 397 g/mol. The molecule has 1 unspecified atom stereocenters. The first kappa shape index (κ1) is 20.2. The third kappa shape index (κ3) is 5.71. The summed E-state index contributed by atoms with van der Waals surface area (Å²) in [5.41, 5.74) is 2.18. The first-order valence-electron chi connectivity index (χ1n) is 9.41. The predicted octanol–water partition coefficient (Wildman–Crippen LogP) is 2.37. The Morgan fingerprint density at radius 3 is 2.55 bits per heavy atom. The molecule has 0 aliphatic carbocycles. The minimum absolute atomic E-state index is 0.0335. The number of carbonyl (C=O) groups is 2. The quantitative estimate of drug-likeness (QED) is 0.513. The van der Waals surface area contributed by atoms with Gasteiger partial charge in [-0.05, 0) is 30.5 Å². The van der Waals surface area contributed by atoms with E-state index < -0.39 is 17.8 Å². The van der Waals surface area contributed by atoms with Crippen molar-refractivity contribution in [3.63, 3.8) is 0 Å². The van der Waals surface area contributed by atoms with Gasteiger partial charge in [0.25, 0.3) is 0 Å². The average Bonchev–Trinajstić information content (AvgIpc) is 3.02. The third-order valence-corrected chi connectivity index (χ3v) is 4.56. The van der Waals surface area contributed by atoms with Crippen LogP contribution in [0.15, 0.2) is 63.8 Å². The molecular formula is C21H23N3O5. The topological polar surface area (TPSA) is 114 Å². The normalized spacial score (nSPS) is 11.9. The second kappa shape index (κ2) is 9.59. The van der Waals surface area contributed by atoms with Crippen LogP contribution < -0.4 is 16.4 Å². The fourth-order valence-electron chi connectivity index (χ4n) is 3.16. The van der Waals surface area contributed by atoms with E-state index in [1.165, 1.54) is 4.57 Å². The molecule has 3 aromatic rings. The summed E-state index contributed by atoms with van der Waals surface area (Å²) in [5.74, 6) is -1.38. The van der Waals surface area contributed by atoms with E-state index in [-0.39, 0.29) is 25.6 Å². The molecule has 8 heteroatoms. The molecule has 0 spiro atoms. The molecule has 0 radical (unpaired) electrons. The van der Waals surface area contributed by atoms with Crippen LogP contribution in [0.3, 0.4) is 0 Å². The smallest absolute Gasteiger partial charge is 0.420 e. The van der Waals surface area contributed by atoms with Crippen molar-refractivity contribution in [3.8, 4) is 0 Å². The van der Waals surface area contributed by atoms with Gasteiger partial charge >= 0.3 is 17.8 Å². The molecule has 29 heavy (non-hydrogen) atoms. The molecule has 152 valence electrons. The highest BCUT2D eigenvalue weighted by atomic mass is 16.4. The summed E-state index contributed by atoms with van der Waals surface area (Å²) in [6, 6.07) is 15.9. The van der Waals surface area contributed by atoms with E-state index in [1.807, 2.05) is 36.4 Å². The number of benzene rings is 2. The Bertz CT molecular complexity index is 1030. The number of hydrogen-bond donors (Lipinski definition) is 3. The number of nitrogens with one attached hydrogen (secondary N) is 2. The maximum Gasteiger partial charge on any atom is 0.420 e. The Morgan fingerprint density at radius 1 is 1.07 bits per heavy atom. The number of carboxylic acid groups (broad SMARTS) is 1. The summed E-state index contributed by atoms with van der Waals surface area (Å²) >= 11 is 0. The van der Waals surface area contributed by atoms with Crippen LogP contribution in [0.2, 0.25) is 0 Å². The van der Waals surface area contributed by atoms with Gasteiger partial charge in [0, 0.05) is 25.6 Å². The molecule has 0 bridgehead atoms. The molecule has 3 rings (SSSR count). The van der Waals surface area contributed by atoms with Crippen LogP contribution in [0.1, 0.15) is 18.4 Å². The van der Waals surface area contributed by atoms with Crippen molar-refractivity contribution in [2.75, 3.05) is 6.54 Å². The number of carboxylic acids is 1. The number of rotatable bonds is 9. The number of nitrogens with zero attached hydrogens (tertiary/aromatic N) is 1. The fourth-order valence-corrected chi connectivity index (χ4v) is 3.16. The molecule has 2 amide bonds. The summed E-state index contributed by atoms with van der Waals surface area (Å²) in [5, 5.41) is 14.5. The number of urea groups is 1. The van der Waals surface area contributed by atoms with Crippen molar-refractivity contribution in [2.24, 2.45) is 0 Å². The Labute approximate surface area is 167 Å². The zero-order chi connectivity index (χ0) is 20.6. The Morgan fingerprint density at radius 2 is 1.79 bits per heavy atom. The standard InChI is InChI=1S/C21H23N3O5/c25-19(26)11-10-16(14-15-6-2-1-3-7-15)23-20(27)22-12-13-24-17-8-4-5-9-18(17)29-21(24)28/h1-9,16H,10-14H2,(H,25,26)(H2,22,23,27). The van der Waals surface area contributed by atoms with Crippen LogP contribution in [0.25, 0.3) is 11.1 Å². The van der Waals surface area contributed by atoms with Gasteiger partial charge in [0.15, 0.2) is 5.58 Å². The number of carbonyl (C=O) groups excluding carboxylic acids is 1. The first-order valence-corrected chi connectivity index (χ1v) is 9.41. The molecule has 0 fully saturated rings. The Balaban J connectivity index is 1.55. The van der Waals surface area contributed by atoms with E-state index in [0.717, 1.165) is 5.56 Å². The largest absolute Gasteiger partial charge is 0.481 e. The Hall–Kier alpha value is -3.55. The van der Waals surface area contributed by atoms with Gasteiger partial charge < -0.3 is 20.2 Å². The summed E-state index contributed by atoms with van der Waals surface area (Å²) in [7, 11) is 0. The van der Waals surface area contributed by atoms with E-state index in [2.05, 4.69) is 10.6 Å². The Kier molecular flexibility index (Phi) is 6.67. The van der Waals surface area contributed by atoms with Gasteiger partial charge in [0.1, 0.15) is 0 Å². The summed E-state index contributed by atoms with van der Waals surface area (Å²) in [6.07, 6.45) is 0.824. The van der Waals surface area contributed by atoms with Crippen molar-refractivity contribution in [3.05, 3.63) is 70.7 Å². The maximum atomic E-state index is 12.3. The molecule has 8 nitrogen and oxygen atoms in total. The van der Waals surface area contributed by atoms with Gasteiger partial charge in [0.05, 0.1) is 5.52 Å². The predicted molar refractivity (Wildman–Crippen MR) is 108 cm³/mol. The maximum absolute atomic E-state index is 12.3. The van der Waals surface area contributed by atoms with Gasteiger partial charge in [-0.15, -0.1) is 0 Å². The van der Waals surface area contributed by atoms with Crippen LogP contribution in [-0.4, -0.2) is 34.3 Å². The molecule has 0 aliphatic heterocycles. The number of oxazole rings is 1. The van der Waals surface area contributed by atoms with Crippen LogP contribution in [0, 0.1) is 0 Å². The number of para-hydroxylation sites is 2. The van der Waals surface area contributed by atoms with Gasteiger partial charge in [-0.25, -0.2) is 9.59 Å². The summed E-state index contributed by atoms with van der Waals surface area (Å²) in [4.78, 5) is 35.2. The lowest BCUT2D eigenvalue weighted by Gasteiger charge is -2.19. The highest BCUT2D eigenvalue weighted by Gasteiger charge is 2.15. The zero-order valence-electron chi connectivity index (χ0n) is 15.8. The number of amides is 2. The second-order valence-corrected chi connectivity index (χ2v) is 6.71. The van der Waals surface area contributed by atoms with Crippen LogP contribution >= 0.6 is 0 Å². The van der Waals surface area contributed by atoms with E-state index >= 15 is 0 Å². The molecule has 3 N–H and O–H groups in total. The van der Waals surface area contributed by atoms with Crippen LogP contribution in [-0.2, 0) is 17.8 Å². The van der Waals surface area contributed by atoms with Gasteiger partial charge in [-0.2, -0.15) is 0 Å². The lowest BCUT2D eigenvalue weighted by atomic mass is 10.0. The fraction of sp³-hybridized carbons (Fsp3) is 0.286. The van der Waals surface area contributed by atoms with E-state index in [0.29, 0.717) is 23.9 Å². The molecule has 2 aromatic carbocycles. The molecule has 0 saturated heterocycles. The zero-order valence-corrected chi connectivity index (χ0v) is 15.8. The minimum atomic E-state index is -0.906. The van der Waals surface area contributed by atoms with Crippen LogP contribution in [0.4, 0.5) is 4.79 Å². The number of hydrogen-bond acceptors (Lipinski definition) is 4. The molecule has 1 heterocycles. The first-order chi connectivity index (χ1) is 14.0. The SMILES string of the molecule is O=C(O)CCC(Cc1ccccc1)NC(=O)NCCn1c(=O)oc2ccccc21. The van der Waals surface area contributed by atoms with Crippen molar-refractivity contribution in [1.82, 2.24) is 15.2 Å². The number of fused-ring (bicyclic) bond motifs is 1. The summed E-state index contributed by atoms with van der Waals surface area (Å²) in [6.45, 7) is 0.494. The molecular weight excluding hydrogens is 374 g/mol. The lowest BCUT2D eigenvalue weighted by Crippen LogP contribution is -2.44. The van der Waals surface area contributed by atoms with E-state index in [9.17, 15) is 14.4 Å². The second-order valence-electron chi connectivity index (χ2n) is 6.71. The van der Waals surface area contributed by atoms with Crippen molar-refractivity contribution >= 4 is 23.1 Å². The average molecular weight is 397 g/mol. The third-order valence-electron chi connectivity index (χ3n) is 4.56. The van der Waals surface area contributed by atoms with Crippen LogP contribution in [0.5, 0.6) is 0 Å². The van der Waals surface area contributed by atoms with Gasteiger partial charge in [-0.1, -0.05) is 42.5 Å². The summed E-state index contributed by atoms with van der Waals surface area (Å²) < 4.78 is 6.63. The van der Waals surface area contributed by atoms with Gasteiger partial charge in [-0.3, -0.25) is 9.36 Å². The van der Waals surface area contributed by atoms with Gasteiger partial charge in [0.2, 0.25) is 0 Å². The minimum Gasteiger partial charge on any atom is -0.481 e. The molecule has 0 saturated carbocycles. The van der Waals surface area contributed by atoms with Crippen molar-refractivity contribution in [1.29, 1.82) is 0 Å². The molecule has 0 aliphatic rings.